The Bertz CT molecular complexity index is 1370. The van der Waals surface area contributed by atoms with Gasteiger partial charge >= 0.3 is 0 Å². The number of piperazine rings is 1. The first kappa shape index (κ1) is 22.0. The second-order valence-corrected chi connectivity index (χ2v) is 9.83. The highest BCUT2D eigenvalue weighted by molar-refractivity contribution is 5.79. The topological polar surface area (TPSA) is 82.9 Å². The van der Waals surface area contributed by atoms with Gasteiger partial charge in [0.15, 0.2) is 5.82 Å². The molecule has 1 N–H and O–H groups in total. The van der Waals surface area contributed by atoms with Crippen molar-refractivity contribution in [1.82, 2.24) is 30.1 Å². The number of rotatable bonds is 5. The second kappa shape index (κ2) is 9.26. The monoisotopic (exact) mass is 469 g/mol. The van der Waals surface area contributed by atoms with Gasteiger partial charge in [0, 0.05) is 42.9 Å². The number of anilines is 1. The molecular weight excluding hydrogens is 438 g/mol. The number of hydrogen-bond acceptors (Lipinski definition) is 6. The molecule has 1 saturated heterocycles. The van der Waals surface area contributed by atoms with E-state index in [0.717, 1.165) is 55.7 Å². The van der Waals surface area contributed by atoms with Gasteiger partial charge in [-0.25, -0.2) is 4.68 Å². The number of aromatic amines is 1. The summed E-state index contributed by atoms with van der Waals surface area (Å²) in [6.07, 6.45) is 4.56. The minimum atomic E-state index is -0.294. The maximum absolute atomic E-state index is 13.4. The fourth-order valence-electron chi connectivity index (χ4n) is 5.71. The van der Waals surface area contributed by atoms with E-state index in [1.54, 1.807) is 0 Å². The highest BCUT2D eigenvalue weighted by Crippen LogP contribution is 2.34. The zero-order chi connectivity index (χ0) is 23.8. The molecule has 1 aliphatic carbocycles. The molecule has 0 amide bonds. The van der Waals surface area contributed by atoms with Gasteiger partial charge in [0.05, 0.1) is 6.04 Å². The maximum atomic E-state index is 13.4. The molecule has 6 rings (SSSR count). The molecule has 0 spiro atoms. The van der Waals surface area contributed by atoms with Crippen LogP contribution in [0.1, 0.15) is 54.7 Å². The normalized spacial score (nSPS) is 18.4. The Morgan fingerprint density at radius 3 is 2.51 bits per heavy atom. The molecule has 2 aromatic heterocycles. The van der Waals surface area contributed by atoms with Crippen molar-refractivity contribution in [3.63, 3.8) is 0 Å². The summed E-state index contributed by atoms with van der Waals surface area (Å²) >= 11 is 0. The average molecular weight is 470 g/mol. The zero-order valence-electron chi connectivity index (χ0n) is 20.1. The Morgan fingerprint density at radius 2 is 1.74 bits per heavy atom. The third-order valence-electron chi connectivity index (χ3n) is 7.56. The number of pyridine rings is 1. The highest BCUT2D eigenvalue weighted by atomic mass is 16.1. The minimum Gasteiger partial charge on any atom is -0.369 e. The van der Waals surface area contributed by atoms with Gasteiger partial charge in [-0.1, -0.05) is 42.7 Å². The number of hydrogen-bond donors (Lipinski definition) is 1. The fourth-order valence-corrected chi connectivity index (χ4v) is 5.71. The van der Waals surface area contributed by atoms with Crippen LogP contribution in [0.4, 0.5) is 5.69 Å². The molecule has 3 heterocycles. The first-order valence-electron chi connectivity index (χ1n) is 12.6. The summed E-state index contributed by atoms with van der Waals surface area (Å²) in [5.41, 5.74) is 3.90. The third-order valence-corrected chi connectivity index (χ3v) is 7.56. The number of benzene rings is 2. The molecule has 2 aliphatic rings. The van der Waals surface area contributed by atoms with Crippen LogP contribution < -0.4 is 10.5 Å². The van der Waals surface area contributed by atoms with Crippen LogP contribution >= 0.6 is 0 Å². The summed E-state index contributed by atoms with van der Waals surface area (Å²) < 4.78 is 2.00. The number of aromatic nitrogens is 5. The van der Waals surface area contributed by atoms with E-state index in [-0.39, 0.29) is 11.6 Å². The standard InChI is InChI=1S/C27H31N7O/c1-19-11-12-24-20(17-19)18-23(27(35)28-24)25(26-29-30-31-34(26)22-9-5-6-10-22)33-15-13-32(14-16-33)21-7-3-2-4-8-21/h2-4,7-8,11-12,17-18,22,25H,5-6,9-10,13-16H2,1H3,(H,28,35)/t25-/m1/s1. The van der Waals surface area contributed by atoms with Crippen molar-refractivity contribution in [1.29, 1.82) is 0 Å². The number of nitrogens with one attached hydrogen (secondary N) is 1. The molecule has 0 unspecified atom stereocenters. The number of nitrogens with zero attached hydrogens (tertiary/aromatic N) is 6. The van der Waals surface area contributed by atoms with Crippen LogP contribution in [0.2, 0.25) is 0 Å². The summed E-state index contributed by atoms with van der Waals surface area (Å²) in [6, 6.07) is 18.7. The first-order valence-corrected chi connectivity index (χ1v) is 12.6. The summed E-state index contributed by atoms with van der Waals surface area (Å²) in [5.74, 6) is 0.780. The number of fused-ring (bicyclic) bond motifs is 1. The van der Waals surface area contributed by atoms with Crippen molar-refractivity contribution in [2.45, 2.75) is 44.7 Å². The lowest BCUT2D eigenvalue weighted by molar-refractivity contribution is 0.197. The van der Waals surface area contributed by atoms with Crippen LogP contribution in [-0.4, -0.2) is 56.3 Å². The van der Waals surface area contributed by atoms with Gasteiger partial charge in [0.25, 0.3) is 5.56 Å². The lowest BCUT2D eigenvalue weighted by Gasteiger charge is -2.39. The quantitative estimate of drug-likeness (QED) is 0.478. The first-order chi connectivity index (χ1) is 17.2. The predicted octanol–water partition coefficient (Wildman–Crippen LogP) is 3.85. The Hall–Kier alpha value is -3.52. The molecule has 180 valence electrons. The van der Waals surface area contributed by atoms with E-state index in [9.17, 15) is 4.79 Å². The molecule has 4 aromatic rings. The van der Waals surface area contributed by atoms with Crippen LogP contribution in [0.5, 0.6) is 0 Å². The molecule has 1 atom stereocenters. The zero-order valence-corrected chi connectivity index (χ0v) is 20.1. The van der Waals surface area contributed by atoms with Crippen molar-refractivity contribution in [2.75, 3.05) is 31.1 Å². The third kappa shape index (κ3) is 4.23. The lowest BCUT2D eigenvalue weighted by atomic mass is 10.0. The van der Waals surface area contributed by atoms with E-state index < -0.39 is 0 Å². The van der Waals surface area contributed by atoms with Gasteiger partial charge in [-0.05, 0) is 65.9 Å². The summed E-state index contributed by atoms with van der Waals surface area (Å²) in [7, 11) is 0. The van der Waals surface area contributed by atoms with Gasteiger partial charge in [0.1, 0.15) is 6.04 Å². The van der Waals surface area contributed by atoms with Crippen molar-refractivity contribution in [2.24, 2.45) is 0 Å². The average Bonchev–Trinajstić information content (AvgIpc) is 3.58. The van der Waals surface area contributed by atoms with Crippen molar-refractivity contribution in [3.05, 3.63) is 81.9 Å². The minimum absolute atomic E-state index is 0.0715. The van der Waals surface area contributed by atoms with E-state index in [1.165, 1.54) is 24.1 Å². The highest BCUT2D eigenvalue weighted by Gasteiger charge is 2.34. The number of tetrazole rings is 1. The summed E-state index contributed by atoms with van der Waals surface area (Å²) in [5, 5.41) is 14.1. The molecule has 0 bridgehead atoms. The van der Waals surface area contributed by atoms with Gasteiger partial charge in [-0.15, -0.1) is 5.10 Å². The smallest absolute Gasteiger partial charge is 0.253 e. The molecule has 2 aromatic carbocycles. The van der Waals surface area contributed by atoms with Crippen molar-refractivity contribution < 1.29 is 0 Å². The van der Waals surface area contributed by atoms with Gasteiger partial charge in [-0.3, -0.25) is 9.69 Å². The number of aryl methyl sites for hydroxylation is 1. The lowest BCUT2D eigenvalue weighted by Crippen LogP contribution is -2.49. The molecule has 8 heteroatoms. The molecule has 1 aliphatic heterocycles. The molecule has 8 nitrogen and oxygen atoms in total. The molecule has 2 fully saturated rings. The molecule has 0 radical (unpaired) electrons. The number of H-pyrrole nitrogens is 1. The van der Waals surface area contributed by atoms with E-state index in [0.29, 0.717) is 11.6 Å². The van der Waals surface area contributed by atoms with Crippen LogP contribution in [0.25, 0.3) is 10.9 Å². The predicted molar refractivity (Wildman–Crippen MR) is 137 cm³/mol. The van der Waals surface area contributed by atoms with Crippen LogP contribution in [0, 0.1) is 6.92 Å². The van der Waals surface area contributed by atoms with Crippen LogP contribution in [0.3, 0.4) is 0 Å². The maximum Gasteiger partial charge on any atom is 0.253 e. The Labute approximate surface area is 204 Å². The van der Waals surface area contributed by atoms with Crippen LogP contribution in [-0.2, 0) is 0 Å². The Balaban J connectivity index is 1.40. The van der Waals surface area contributed by atoms with Crippen LogP contribution in [0.15, 0.2) is 59.4 Å². The van der Waals surface area contributed by atoms with Crippen molar-refractivity contribution >= 4 is 16.6 Å². The summed E-state index contributed by atoms with van der Waals surface area (Å²) in [6.45, 7) is 5.49. The molecular formula is C27H31N7O. The van der Waals surface area contributed by atoms with E-state index in [1.807, 2.05) is 28.9 Å². The largest absolute Gasteiger partial charge is 0.369 e. The van der Waals surface area contributed by atoms with E-state index >= 15 is 0 Å². The summed E-state index contributed by atoms with van der Waals surface area (Å²) in [4.78, 5) is 21.3. The van der Waals surface area contributed by atoms with E-state index in [4.69, 9.17) is 0 Å². The van der Waals surface area contributed by atoms with Crippen molar-refractivity contribution in [3.8, 4) is 0 Å². The molecule has 1 saturated carbocycles. The molecule has 35 heavy (non-hydrogen) atoms. The van der Waals surface area contributed by atoms with Gasteiger partial charge in [-0.2, -0.15) is 0 Å². The number of para-hydroxylation sites is 1. The van der Waals surface area contributed by atoms with E-state index in [2.05, 4.69) is 67.6 Å². The Kier molecular flexibility index (Phi) is 5.82. The van der Waals surface area contributed by atoms with Gasteiger partial charge in [0.2, 0.25) is 0 Å². The Morgan fingerprint density at radius 1 is 0.971 bits per heavy atom. The second-order valence-electron chi connectivity index (χ2n) is 9.83. The fraction of sp³-hybridized carbons (Fsp3) is 0.407. The van der Waals surface area contributed by atoms with Gasteiger partial charge < -0.3 is 9.88 Å². The SMILES string of the molecule is Cc1ccc2[nH]c(=O)c([C@H](c3nnnn3C3CCCC3)N3CCN(c4ccccc4)CC3)cc2c1.